The molecule has 0 aromatic rings. The minimum absolute atomic E-state index is 0.202. The van der Waals surface area contributed by atoms with Gasteiger partial charge in [-0.3, -0.25) is 4.90 Å². The molecular formula is C13H32N2O2Si. The number of nitrogens with two attached hydrogens (primary N) is 1. The zero-order chi connectivity index (χ0) is 14.4. The van der Waals surface area contributed by atoms with E-state index < -0.39 is 13.8 Å². The zero-order valence-corrected chi connectivity index (χ0v) is 14.2. The lowest BCUT2D eigenvalue weighted by atomic mass is 10.2. The standard InChI is InChI=1S/C13H32N2O2Si/c1-8-11-12(4)17-18(7,16-10-3)13(14,9-2)15(5)6/h12H,8-11,14H2,1-7H3. The highest BCUT2D eigenvalue weighted by Crippen LogP contribution is 2.28. The van der Waals surface area contributed by atoms with E-state index in [1.807, 2.05) is 25.9 Å². The van der Waals surface area contributed by atoms with Crippen molar-refractivity contribution in [2.75, 3.05) is 20.7 Å². The summed E-state index contributed by atoms with van der Waals surface area (Å²) in [6.07, 6.45) is 3.18. The Morgan fingerprint density at radius 3 is 2.17 bits per heavy atom. The predicted octanol–water partition coefficient (Wildman–Crippen LogP) is 2.47. The summed E-state index contributed by atoms with van der Waals surface area (Å²) in [5, 5.41) is -0.495. The summed E-state index contributed by atoms with van der Waals surface area (Å²) in [6.45, 7) is 11.1. The van der Waals surface area contributed by atoms with E-state index in [0.29, 0.717) is 6.61 Å². The van der Waals surface area contributed by atoms with Crippen molar-refractivity contribution in [3.63, 3.8) is 0 Å². The third-order valence-electron chi connectivity index (χ3n) is 3.66. The Kier molecular flexibility index (Phi) is 7.62. The molecule has 3 unspecified atom stereocenters. The smallest absolute Gasteiger partial charge is 0.371 e. The molecule has 0 saturated heterocycles. The summed E-state index contributed by atoms with van der Waals surface area (Å²) in [5.41, 5.74) is 6.59. The lowest BCUT2D eigenvalue weighted by Gasteiger charge is -2.47. The van der Waals surface area contributed by atoms with Crippen LogP contribution in [0.4, 0.5) is 0 Å². The van der Waals surface area contributed by atoms with Crippen molar-refractivity contribution in [3.05, 3.63) is 0 Å². The Morgan fingerprint density at radius 2 is 1.83 bits per heavy atom. The predicted molar refractivity (Wildman–Crippen MR) is 79.6 cm³/mol. The Morgan fingerprint density at radius 1 is 1.28 bits per heavy atom. The second kappa shape index (κ2) is 7.60. The van der Waals surface area contributed by atoms with Crippen LogP contribution in [0.3, 0.4) is 0 Å². The molecule has 4 nitrogen and oxygen atoms in total. The van der Waals surface area contributed by atoms with E-state index in [4.69, 9.17) is 14.6 Å². The van der Waals surface area contributed by atoms with Crippen LogP contribution in [0, 0.1) is 0 Å². The molecule has 0 aliphatic carbocycles. The van der Waals surface area contributed by atoms with Gasteiger partial charge in [0.1, 0.15) is 5.29 Å². The molecule has 18 heavy (non-hydrogen) atoms. The molecule has 0 aliphatic heterocycles. The highest BCUT2D eigenvalue weighted by Gasteiger charge is 2.53. The third-order valence-corrected chi connectivity index (χ3v) is 7.73. The number of hydrogen-bond acceptors (Lipinski definition) is 4. The van der Waals surface area contributed by atoms with Gasteiger partial charge in [-0.15, -0.1) is 0 Å². The zero-order valence-electron chi connectivity index (χ0n) is 13.2. The van der Waals surface area contributed by atoms with Gasteiger partial charge in [-0.2, -0.15) is 0 Å². The molecule has 0 heterocycles. The minimum Gasteiger partial charge on any atom is -0.393 e. The molecule has 0 aromatic heterocycles. The summed E-state index contributed by atoms with van der Waals surface area (Å²) in [6, 6.07) is 0. The molecule has 5 heteroatoms. The maximum Gasteiger partial charge on any atom is 0.371 e. The van der Waals surface area contributed by atoms with Crippen LogP contribution in [0.25, 0.3) is 0 Å². The van der Waals surface area contributed by atoms with Crippen LogP contribution < -0.4 is 5.73 Å². The molecule has 0 aliphatic rings. The van der Waals surface area contributed by atoms with E-state index in [9.17, 15) is 0 Å². The largest absolute Gasteiger partial charge is 0.393 e. The Labute approximate surface area is 114 Å². The van der Waals surface area contributed by atoms with Gasteiger partial charge in [0.25, 0.3) is 0 Å². The first-order chi connectivity index (χ1) is 8.27. The molecule has 0 rings (SSSR count). The molecule has 3 atom stereocenters. The van der Waals surface area contributed by atoms with Gasteiger partial charge in [-0.1, -0.05) is 20.3 Å². The van der Waals surface area contributed by atoms with Crippen molar-refractivity contribution < 1.29 is 8.85 Å². The summed E-state index contributed by atoms with van der Waals surface area (Å²) in [4.78, 5) is 2.05. The van der Waals surface area contributed by atoms with Gasteiger partial charge in [0.2, 0.25) is 0 Å². The van der Waals surface area contributed by atoms with E-state index >= 15 is 0 Å². The molecule has 0 amide bonds. The van der Waals surface area contributed by atoms with E-state index in [-0.39, 0.29) is 6.10 Å². The van der Waals surface area contributed by atoms with Gasteiger partial charge in [0, 0.05) is 12.7 Å². The molecule has 2 N–H and O–H groups in total. The Balaban J connectivity index is 5.09. The highest BCUT2D eigenvalue weighted by atomic mass is 28.4. The van der Waals surface area contributed by atoms with Crippen molar-refractivity contribution in [2.24, 2.45) is 5.73 Å². The fraction of sp³-hybridized carbons (Fsp3) is 1.00. The molecule has 110 valence electrons. The molecule has 0 saturated carbocycles. The van der Waals surface area contributed by atoms with Crippen molar-refractivity contribution in [3.8, 4) is 0 Å². The Bertz CT molecular complexity index is 241. The summed E-state index contributed by atoms with van der Waals surface area (Å²) < 4.78 is 12.3. The van der Waals surface area contributed by atoms with Crippen molar-refractivity contribution in [1.29, 1.82) is 0 Å². The van der Waals surface area contributed by atoms with Crippen LogP contribution in [0.2, 0.25) is 6.55 Å². The van der Waals surface area contributed by atoms with E-state index in [2.05, 4.69) is 27.3 Å². The summed E-state index contributed by atoms with van der Waals surface area (Å²) >= 11 is 0. The van der Waals surface area contributed by atoms with E-state index in [0.717, 1.165) is 19.3 Å². The lowest BCUT2D eigenvalue weighted by Crippen LogP contribution is -2.73. The highest BCUT2D eigenvalue weighted by molar-refractivity contribution is 6.69. The minimum atomic E-state index is -2.46. The topological polar surface area (TPSA) is 47.7 Å². The first-order valence-electron chi connectivity index (χ1n) is 7.05. The van der Waals surface area contributed by atoms with Gasteiger partial charge in [0.15, 0.2) is 0 Å². The maximum absolute atomic E-state index is 6.59. The van der Waals surface area contributed by atoms with E-state index in [1.165, 1.54) is 0 Å². The first kappa shape index (κ1) is 18.1. The molecule has 0 aromatic carbocycles. The maximum atomic E-state index is 6.59. The molecule has 0 radical (unpaired) electrons. The van der Waals surface area contributed by atoms with Crippen LogP contribution in [0.15, 0.2) is 0 Å². The molecular weight excluding hydrogens is 244 g/mol. The van der Waals surface area contributed by atoms with Gasteiger partial charge in [-0.25, -0.2) is 0 Å². The van der Waals surface area contributed by atoms with Crippen LogP contribution in [0.1, 0.15) is 47.0 Å². The van der Waals surface area contributed by atoms with Crippen molar-refractivity contribution >= 4 is 8.56 Å². The number of nitrogens with zero attached hydrogens (tertiary/aromatic N) is 1. The van der Waals surface area contributed by atoms with E-state index in [1.54, 1.807) is 0 Å². The van der Waals surface area contributed by atoms with Gasteiger partial charge in [-0.05, 0) is 47.3 Å². The van der Waals surface area contributed by atoms with Gasteiger partial charge < -0.3 is 14.6 Å². The summed E-state index contributed by atoms with van der Waals surface area (Å²) in [7, 11) is 1.54. The molecule has 0 spiro atoms. The van der Waals surface area contributed by atoms with Crippen LogP contribution >= 0.6 is 0 Å². The second-order valence-corrected chi connectivity index (χ2v) is 8.55. The first-order valence-corrected chi connectivity index (χ1v) is 9.37. The Hall–Kier alpha value is 0.0569. The van der Waals surface area contributed by atoms with Crippen LogP contribution in [-0.2, 0) is 8.85 Å². The third kappa shape index (κ3) is 4.03. The van der Waals surface area contributed by atoms with Gasteiger partial charge >= 0.3 is 8.56 Å². The average Bonchev–Trinajstić information content (AvgIpc) is 2.27. The lowest BCUT2D eigenvalue weighted by molar-refractivity contribution is 0.0667. The SMILES string of the molecule is CCCC(C)O[Si](C)(OCC)C(N)(CC)N(C)C. The number of rotatable bonds is 9. The molecule has 0 bridgehead atoms. The van der Waals surface area contributed by atoms with Crippen LogP contribution in [-0.4, -0.2) is 45.6 Å². The second-order valence-electron chi connectivity index (χ2n) is 5.27. The van der Waals surface area contributed by atoms with Crippen LogP contribution in [0.5, 0.6) is 0 Å². The molecule has 0 fully saturated rings. The summed E-state index contributed by atoms with van der Waals surface area (Å²) in [5.74, 6) is 0. The normalized spacial score (nSPS) is 20.5. The van der Waals surface area contributed by atoms with Gasteiger partial charge in [0.05, 0.1) is 0 Å². The fourth-order valence-electron chi connectivity index (χ4n) is 2.43. The van der Waals surface area contributed by atoms with Crippen molar-refractivity contribution in [2.45, 2.75) is 64.9 Å². The van der Waals surface area contributed by atoms with Crippen molar-refractivity contribution in [1.82, 2.24) is 4.90 Å². The fourth-order valence-corrected chi connectivity index (χ4v) is 5.84. The quantitative estimate of drug-likeness (QED) is 0.519. The average molecular weight is 276 g/mol. The number of hydrogen-bond donors (Lipinski definition) is 1. The monoisotopic (exact) mass is 276 g/mol.